The number of nitrogens with one attached hydrogen (secondary N) is 1. The number of aromatic nitrogens is 2. The lowest BCUT2D eigenvalue weighted by atomic mass is 9.43. The highest BCUT2D eigenvalue weighted by molar-refractivity contribution is 5.92. The van der Waals surface area contributed by atoms with Crippen LogP contribution in [-0.4, -0.2) is 62.5 Å². The van der Waals surface area contributed by atoms with Gasteiger partial charge in [-0.1, -0.05) is 6.07 Å². The van der Waals surface area contributed by atoms with Gasteiger partial charge >= 0.3 is 0 Å². The first kappa shape index (κ1) is 20.5. The van der Waals surface area contributed by atoms with Gasteiger partial charge in [0.15, 0.2) is 0 Å². The Morgan fingerprint density at radius 1 is 1.20 bits per heavy atom. The van der Waals surface area contributed by atoms with Crippen LogP contribution < -0.4 is 5.56 Å². The smallest absolute Gasteiger partial charge is 0.272 e. The molecule has 35 heavy (non-hydrogen) atoms. The molecule has 8 rings (SSSR count). The molecule has 3 heterocycles. The largest absolute Gasteiger partial charge is 0.508 e. The Morgan fingerprint density at radius 3 is 2.91 bits per heavy atom. The fourth-order valence-corrected chi connectivity index (χ4v) is 9.81. The standard InChI is InChI=1S/C28H32N4O3/c33-19-4-3-17-9-23-27-6-5-22-25(28(27,20(17)10-19)7-8-31(23)13-16-1-2-16)18(12-27)14-32(22)26(35)21-11-24(34)30-15-29-21/h3-4,10-11,15-16,18,22-23,25,33H,1-2,5-9,12-14H2,(H,29,30,34)/t18-,22?,23?,25?,27?,28?/m1/s1. The first-order chi connectivity index (χ1) is 17.0. The average molecular weight is 473 g/mol. The Balaban J connectivity index is 1.25. The minimum Gasteiger partial charge on any atom is -0.508 e. The van der Waals surface area contributed by atoms with Gasteiger partial charge in [-0.2, -0.15) is 0 Å². The molecule has 5 fully saturated rings. The van der Waals surface area contributed by atoms with Gasteiger partial charge in [-0.3, -0.25) is 14.5 Å². The third kappa shape index (κ3) is 2.52. The Bertz CT molecular complexity index is 1300. The summed E-state index contributed by atoms with van der Waals surface area (Å²) in [6.07, 6.45) is 9.64. The molecule has 2 aliphatic heterocycles. The monoisotopic (exact) mass is 472 g/mol. The maximum Gasteiger partial charge on any atom is 0.272 e. The van der Waals surface area contributed by atoms with E-state index in [-0.39, 0.29) is 34.0 Å². The number of piperidine rings is 1. The van der Waals surface area contributed by atoms with Crippen molar-refractivity contribution in [2.24, 2.45) is 23.2 Å². The van der Waals surface area contributed by atoms with Crippen LogP contribution in [0.3, 0.4) is 0 Å². The summed E-state index contributed by atoms with van der Waals surface area (Å²) in [5.74, 6) is 2.02. The zero-order valence-corrected chi connectivity index (χ0v) is 19.9. The van der Waals surface area contributed by atoms with E-state index in [0.29, 0.717) is 23.6 Å². The van der Waals surface area contributed by atoms with E-state index < -0.39 is 0 Å². The number of carbonyl (C=O) groups is 1. The molecule has 6 atom stereocenters. The number of phenols is 1. The fraction of sp³-hybridized carbons (Fsp3) is 0.607. The van der Waals surface area contributed by atoms with Crippen molar-refractivity contribution < 1.29 is 9.90 Å². The second kappa shape index (κ2) is 6.75. The summed E-state index contributed by atoms with van der Waals surface area (Å²) >= 11 is 0. The summed E-state index contributed by atoms with van der Waals surface area (Å²) in [6, 6.07) is 8.19. The summed E-state index contributed by atoms with van der Waals surface area (Å²) < 4.78 is 0. The van der Waals surface area contributed by atoms with Crippen molar-refractivity contribution in [1.82, 2.24) is 19.8 Å². The van der Waals surface area contributed by atoms with Crippen molar-refractivity contribution in [3.8, 4) is 5.75 Å². The van der Waals surface area contributed by atoms with Crippen molar-refractivity contribution in [3.63, 3.8) is 0 Å². The van der Waals surface area contributed by atoms with Gasteiger partial charge in [0, 0.05) is 36.7 Å². The Kier molecular flexibility index (Phi) is 3.96. The van der Waals surface area contributed by atoms with Gasteiger partial charge in [0.05, 0.1) is 6.33 Å². The molecule has 2 N–H and O–H groups in total. The van der Waals surface area contributed by atoms with Crippen LogP contribution in [-0.2, 0) is 11.8 Å². The molecule has 0 radical (unpaired) electrons. The first-order valence-electron chi connectivity index (χ1n) is 13.4. The van der Waals surface area contributed by atoms with Crippen LogP contribution in [0.15, 0.2) is 35.4 Å². The minimum absolute atomic E-state index is 0.0221. The zero-order chi connectivity index (χ0) is 23.5. The number of phenolic OH excluding ortho intramolecular Hbond substituents is 1. The molecule has 4 aliphatic carbocycles. The molecule has 7 heteroatoms. The second-order valence-electron chi connectivity index (χ2n) is 12.2. The van der Waals surface area contributed by atoms with Gasteiger partial charge in [-0.25, -0.2) is 4.98 Å². The van der Waals surface area contributed by atoms with E-state index in [9.17, 15) is 14.7 Å². The second-order valence-corrected chi connectivity index (χ2v) is 12.2. The lowest BCUT2D eigenvalue weighted by Gasteiger charge is -2.66. The number of benzene rings is 1. The van der Waals surface area contributed by atoms with E-state index in [1.54, 1.807) is 0 Å². The van der Waals surface area contributed by atoms with Crippen LogP contribution in [0, 0.1) is 23.2 Å². The SMILES string of the molecule is O=C(c1cc(=O)[nH]cn1)N1C[C@H]2CC34CCC1C2C31CCN(CC2CC2)C4Cc2ccc(O)cc21. The van der Waals surface area contributed by atoms with E-state index in [1.807, 2.05) is 6.07 Å². The number of hydrogen-bond acceptors (Lipinski definition) is 5. The summed E-state index contributed by atoms with van der Waals surface area (Å²) in [5.41, 5.74) is 3.01. The van der Waals surface area contributed by atoms with Gasteiger partial charge in [0.1, 0.15) is 11.4 Å². The molecular formula is C28H32N4O3. The normalized spacial score (nSPS) is 38.8. The zero-order valence-electron chi connectivity index (χ0n) is 19.9. The Morgan fingerprint density at radius 2 is 2.09 bits per heavy atom. The first-order valence-corrected chi connectivity index (χ1v) is 13.4. The molecule has 1 amide bonds. The van der Waals surface area contributed by atoms with Gasteiger partial charge in [-0.15, -0.1) is 0 Å². The molecule has 1 aromatic carbocycles. The summed E-state index contributed by atoms with van der Waals surface area (Å²) in [4.78, 5) is 37.1. The Hall–Kier alpha value is -2.67. The van der Waals surface area contributed by atoms with E-state index in [1.165, 1.54) is 49.3 Å². The number of carbonyl (C=O) groups excluding carboxylic acids is 1. The third-order valence-corrected chi connectivity index (χ3v) is 10.9. The van der Waals surface area contributed by atoms with Gasteiger partial charge < -0.3 is 15.0 Å². The number of rotatable bonds is 3. The fourth-order valence-electron chi connectivity index (χ4n) is 9.81. The van der Waals surface area contributed by atoms with Crippen molar-refractivity contribution >= 4 is 5.91 Å². The Labute approximate surface area is 204 Å². The van der Waals surface area contributed by atoms with Crippen LogP contribution in [0.5, 0.6) is 5.75 Å². The maximum absolute atomic E-state index is 13.6. The van der Waals surface area contributed by atoms with Crippen molar-refractivity contribution in [2.75, 3.05) is 19.6 Å². The van der Waals surface area contributed by atoms with Gasteiger partial charge in [0.25, 0.3) is 11.5 Å². The number of aromatic hydroxyl groups is 1. The van der Waals surface area contributed by atoms with E-state index in [2.05, 4.69) is 31.9 Å². The van der Waals surface area contributed by atoms with Crippen LogP contribution in [0.4, 0.5) is 0 Å². The predicted molar refractivity (Wildman–Crippen MR) is 129 cm³/mol. The molecule has 4 bridgehead atoms. The summed E-state index contributed by atoms with van der Waals surface area (Å²) in [7, 11) is 0. The quantitative estimate of drug-likeness (QED) is 0.717. The van der Waals surface area contributed by atoms with Gasteiger partial charge in [0.2, 0.25) is 0 Å². The van der Waals surface area contributed by atoms with E-state index in [4.69, 9.17) is 0 Å². The lowest BCUT2D eigenvalue weighted by molar-refractivity contribution is -0.102. The molecule has 5 unspecified atom stereocenters. The molecule has 3 saturated carbocycles. The molecule has 6 aliphatic rings. The minimum atomic E-state index is -0.286. The number of fused-ring (bicyclic) bond motifs is 1. The van der Waals surface area contributed by atoms with Crippen LogP contribution in [0.1, 0.15) is 60.1 Å². The van der Waals surface area contributed by atoms with Crippen molar-refractivity contribution in [2.45, 2.75) is 62.4 Å². The van der Waals surface area contributed by atoms with Crippen LogP contribution in [0.25, 0.3) is 0 Å². The highest BCUT2D eigenvalue weighted by Gasteiger charge is 2.76. The molecular weight excluding hydrogens is 440 g/mol. The molecule has 1 aromatic heterocycles. The van der Waals surface area contributed by atoms with Gasteiger partial charge in [-0.05, 0) is 97.9 Å². The molecule has 182 valence electrons. The molecule has 0 spiro atoms. The summed E-state index contributed by atoms with van der Waals surface area (Å²) in [6.45, 7) is 3.13. The van der Waals surface area contributed by atoms with Crippen LogP contribution in [0.2, 0.25) is 0 Å². The molecule has 2 aromatic rings. The predicted octanol–water partition coefficient (Wildman–Crippen LogP) is 2.69. The number of hydrogen-bond donors (Lipinski definition) is 2. The number of aromatic amines is 1. The maximum atomic E-state index is 13.6. The highest BCUT2D eigenvalue weighted by atomic mass is 16.3. The lowest BCUT2D eigenvalue weighted by Crippen LogP contribution is -2.69. The van der Waals surface area contributed by atoms with Crippen LogP contribution >= 0.6 is 0 Å². The molecule has 2 saturated heterocycles. The molecule has 7 nitrogen and oxygen atoms in total. The number of nitrogens with zero attached hydrogens (tertiary/aromatic N) is 3. The van der Waals surface area contributed by atoms with E-state index in [0.717, 1.165) is 44.7 Å². The van der Waals surface area contributed by atoms with Crippen molar-refractivity contribution in [1.29, 1.82) is 0 Å². The number of H-pyrrole nitrogens is 1. The number of likely N-dealkylation sites (tertiary alicyclic amines) is 2. The summed E-state index contributed by atoms with van der Waals surface area (Å²) in [5, 5.41) is 10.6. The number of amides is 1. The van der Waals surface area contributed by atoms with E-state index >= 15 is 0 Å². The average Bonchev–Trinajstić information content (AvgIpc) is 3.54. The van der Waals surface area contributed by atoms with Crippen molar-refractivity contribution in [3.05, 3.63) is 57.8 Å². The highest BCUT2D eigenvalue weighted by Crippen LogP contribution is 2.75. The topological polar surface area (TPSA) is 89.5 Å². The third-order valence-electron chi connectivity index (χ3n) is 10.9.